The molecule has 2 heteroatoms. The standard InChI is InChI=1S/C14H20N2/c1-10(2)16-13(9-15-4)8-12-6-5-11(3)7-14(12)16/h5-8,10,15H,9H2,1-4H3. The summed E-state index contributed by atoms with van der Waals surface area (Å²) < 4.78 is 2.42. The van der Waals surface area contributed by atoms with Gasteiger partial charge < -0.3 is 9.88 Å². The molecule has 0 amide bonds. The van der Waals surface area contributed by atoms with Crippen LogP contribution in [0.5, 0.6) is 0 Å². The van der Waals surface area contributed by atoms with Gasteiger partial charge in [0.1, 0.15) is 0 Å². The summed E-state index contributed by atoms with van der Waals surface area (Å²) in [5.41, 5.74) is 4.03. The van der Waals surface area contributed by atoms with E-state index in [2.05, 4.69) is 54.9 Å². The third-order valence-corrected chi connectivity index (χ3v) is 2.95. The van der Waals surface area contributed by atoms with Crippen molar-refractivity contribution in [3.8, 4) is 0 Å². The summed E-state index contributed by atoms with van der Waals surface area (Å²) in [7, 11) is 1.99. The molecule has 0 spiro atoms. The number of hydrogen-bond donors (Lipinski definition) is 1. The molecule has 0 saturated carbocycles. The number of nitrogens with one attached hydrogen (secondary N) is 1. The van der Waals surface area contributed by atoms with Crippen molar-refractivity contribution in [2.24, 2.45) is 0 Å². The minimum absolute atomic E-state index is 0.502. The minimum Gasteiger partial charge on any atom is -0.341 e. The number of hydrogen-bond acceptors (Lipinski definition) is 1. The molecule has 0 aliphatic rings. The van der Waals surface area contributed by atoms with E-state index in [1.807, 2.05) is 7.05 Å². The molecular formula is C14H20N2. The number of fused-ring (bicyclic) bond motifs is 1. The second-order valence-electron chi connectivity index (χ2n) is 4.69. The highest BCUT2D eigenvalue weighted by Gasteiger charge is 2.10. The molecule has 2 rings (SSSR count). The van der Waals surface area contributed by atoms with Crippen molar-refractivity contribution in [3.05, 3.63) is 35.5 Å². The minimum atomic E-state index is 0.502. The Balaban J connectivity index is 2.67. The molecule has 2 aromatic rings. The van der Waals surface area contributed by atoms with Gasteiger partial charge in [0.2, 0.25) is 0 Å². The predicted octanol–water partition coefficient (Wildman–Crippen LogP) is 3.25. The third-order valence-electron chi connectivity index (χ3n) is 2.95. The van der Waals surface area contributed by atoms with E-state index in [0.717, 1.165) is 6.54 Å². The molecule has 0 saturated heterocycles. The van der Waals surface area contributed by atoms with E-state index >= 15 is 0 Å². The predicted molar refractivity (Wildman–Crippen MR) is 69.8 cm³/mol. The first kappa shape index (κ1) is 11.2. The molecule has 0 aliphatic carbocycles. The van der Waals surface area contributed by atoms with E-state index in [4.69, 9.17) is 0 Å². The Morgan fingerprint density at radius 2 is 2.00 bits per heavy atom. The Bertz CT molecular complexity index is 495. The zero-order valence-corrected chi connectivity index (χ0v) is 10.5. The molecule has 2 nitrogen and oxygen atoms in total. The van der Waals surface area contributed by atoms with Gasteiger partial charge in [-0.05, 0) is 50.9 Å². The van der Waals surface area contributed by atoms with Gasteiger partial charge in [-0.15, -0.1) is 0 Å². The fraction of sp³-hybridized carbons (Fsp3) is 0.429. The molecule has 1 aromatic heterocycles. The second-order valence-corrected chi connectivity index (χ2v) is 4.69. The van der Waals surface area contributed by atoms with Crippen LogP contribution in [0.25, 0.3) is 10.9 Å². The van der Waals surface area contributed by atoms with Gasteiger partial charge in [-0.3, -0.25) is 0 Å². The molecule has 0 fully saturated rings. The van der Waals surface area contributed by atoms with Gasteiger partial charge in [0.05, 0.1) is 0 Å². The van der Waals surface area contributed by atoms with Gasteiger partial charge in [-0.2, -0.15) is 0 Å². The highest BCUT2D eigenvalue weighted by molar-refractivity contribution is 5.82. The summed E-state index contributed by atoms with van der Waals surface area (Å²) in [6, 6.07) is 9.45. The van der Waals surface area contributed by atoms with Crippen molar-refractivity contribution >= 4 is 10.9 Å². The van der Waals surface area contributed by atoms with Crippen molar-refractivity contribution < 1.29 is 0 Å². The summed E-state index contributed by atoms with van der Waals surface area (Å²) in [4.78, 5) is 0. The van der Waals surface area contributed by atoms with Crippen LogP contribution < -0.4 is 5.32 Å². The van der Waals surface area contributed by atoms with Gasteiger partial charge in [0, 0.05) is 23.8 Å². The first-order chi connectivity index (χ1) is 7.63. The monoisotopic (exact) mass is 216 g/mol. The first-order valence-electron chi connectivity index (χ1n) is 5.88. The third kappa shape index (κ3) is 1.85. The Hall–Kier alpha value is -1.28. The zero-order chi connectivity index (χ0) is 11.7. The lowest BCUT2D eigenvalue weighted by Gasteiger charge is -2.14. The van der Waals surface area contributed by atoms with Crippen LogP contribution in [0.1, 0.15) is 31.1 Å². The first-order valence-corrected chi connectivity index (χ1v) is 5.88. The summed E-state index contributed by atoms with van der Waals surface area (Å²) in [6.07, 6.45) is 0. The van der Waals surface area contributed by atoms with Crippen LogP contribution in [-0.4, -0.2) is 11.6 Å². The van der Waals surface area contributed by atoms with Crippen LogP contribution >= 0.6 is 0 Å². The number of aromatic nitrogens is 1. The Labute approximate surface area is 97.3 Å². The van der Waals surface area contributed by atoms with E-state index in [-0.39, 0.29) is 0 Å². The molecule has 0 unspecified atom stereocenters. The van der Waals surface area contributed by atoms with Crippen molar-refractivity contribution in [2.45, 2.75) is 33.4 Å². The van der Waals surface area contributed by atoms with Crippen LogP contribution in [0.15, 0.2) is 24.3 Å². The van der Waals surface area contributed by atoms with Gasteiger partial charge in [-0.1, -0.05) is 12.1 Å². The zero-order valence-electron chi connectivity index (χ0n) is 10.5. The average Bonchev–Trinajstić information content (AvgIpc) is 2.55. The molecule has 16 heavy (non-hydrogen) atoms. The lowest BCUT2D eigenvalue weighted by atomic mass is 10.2. The Kier molecular flexibility index (Phi) is 3.01. The molecule has 0 atom stereocenters. The van der Waals surface area contributed by atoms with E-state index in [1.54, 1.807) is 0 Å². The van der Waals surface area contributed by atoms with Crippen molar-refractivity contribution in [1.82, 2.24) is 9.88 Å². The summed E-state index contributed by atoms with van der Waals surface area (Å²) in [5.74, 6) is 0. The average molecular weight is 216 g/mol. The fourth-order valence-corrected chi connectivity index (χ4v) is 2.32. The number of nitrogens with zero attached hydrogens (tertiary/aromatic N) is 1. The van der Waals surface area contributed by atoms with E-state index in [1.165, 1.54) is 22.2 Å². The molecule has 0 bridgehead atoms. The smallest absolute Gasteiger partial charge is 0.0488 e. The Morgan fingerprint density at radius 3 is 2.62 bits per heavy atom. The molecule has 0 aliphatic heterocycles. The van der Waals surface area contributed by atoms with Crippen LogP contribution in [-0.2, 0) is 6.54 Å². The van der Waals surface area contributed by atoms with E-state index in [0.29, 0.717) is 6.04 Å². The van der Waals surface area contributed by atoms with Crippen molar-refractivity contribution in [2.75, 3.05) is 7.05 Å². The molecule has 1 heterocycles. The lowest BCUT2D eigenvalue weighted by Crippen LogP contribution is -2.12. The maximum absolute atomic E-state index is 3.23. The highest BCUT2D eigenvalue weighted by atomic mass is 15.0. The largest absolute Gasteiger partial charge is 0.341 e. The molecular weight excluding hydrogens is 196 g/mol. The van der Waals surface area contributed by atoms with Crippen molar-refractivity contribution in [1.29, 1.82) is 0 Å². The highest BCUT2D eigenvalue weighted by Crippen LogP contribution is 2.25. The van der Waals surface area contributed by atoms with Crippen LogP contribution in [0.3, 0.4) is 0 Å². The lowest BCUT2D eigenvalue weighted by molar-refractivity contribution is 0.581. The SMILES string of the molecule is CNCc1cc2ccc(C)cc2n1C(C)C. The quantitative estimate of drug-likeness (QED) is 0.833. The number of rotatable bonds is 3. The molecule has 1 N–H and O–H groups in total. The molecule has 1 aromatic carbocycles. The Morgan fingerprint density at radius 1 is 1.25 bits per heavy atom. The van der Waals surface area contributed by atoms with E-state index < -0.39 is 0 Å². The maximum Gasteiger partial charge on any atom is 0.0488 e. The molecule has 0 radical (unpaired) electrons. The van der Waals surface area contributed by atoms with E-state index in [9.17, 15) is 0 Å². The van der Waals surface area contributed by atoms with Crippen LogP contribution in [0.4, 0.5) is 0 Å². The van der Waals surface area contributed by atoms with Crippen molar-refractivity contribution in [3.63, 3.8) is 0 Å². The van der Waals surface area contributed by atoms with Gasteiger partial charge in [0.15, 0.2) is 0 Å². The summed E-state index contributed by atoms with van der Waals surface area (Å²) >= 11 is 0. The maximum atomic E-state index is 3.23. The number of benzene rings is 1. The van der Waals surface area contributed by atoms with Gasteiger partial charge in [-0.25, -0.2) is 0 Å². The fourth-order valence-electron chi connectivity index (χ4n) is 2.32. The van der Waals surface area contributed by atoms with Gasteiger partial charge in [0.25, 0.3) is 0 Å². The molecule has 86 valence electrons. The van der Waals surface area contributed by atoms with Gasteiger partial charge >= 0.3 is 0 Å². The van der Waals surface area contributed by atoms with Crippen LogP contribution in [0, 0.1) is 6.92 Å². The summed E-state index contributed by atoms with van der Waals surface area (Å²) in [6.45, 7) is 7.54. The normalized spacial score (nSPS) is 11.6. The number of aryl methyl sites for hydroxylation is 1. The topological polar surface area (TPSA) is 17.0 Å². The summed E-state index contributed by atoms with van der Waals surface area (Å²) in [5, 5.41) is 4.57. The van der Waals surface area contributed by atoms with Crippen LogP contribution in [0.2, 0.25) is 0 Å². The second kappa shape index (κ2) is 4.30.